The second-order valence-electron chi connectivity index (χ2n) is 4.56. The van der Waals surface area contributed by atoms with Gasteiger partial charge in [0.15, 0.2) is 0 Å². The number of thiazole rings is 1. The molecule has 4 nitrogen and oxygen atoms in total. The number of carbonyl (C=O) groups is 1. The van der Waals surface area contributed by atoms with Crippen LogP contribution in [-0.4, -0.2) is 29.9 Å². The van der Waals surface area contributed by atoms with Gasteiger partial charge in [-0.15, -0.1) is 11.3 Å². The van der Waals surface area contributed by atoms with Crippen LogP contribution in [0.4, 0.5) is 5.69 Å². The molecule has 0 bridgehead atoms. The molecule has 5 heteroatoms. The van der Waals surface area contributed by atoms with Crippen molar-refractivity contribution >= 4 is 22.9 Å². The molecule has 2 aromatic rings. The van der Waals surface area contributed by atoms with E-state index in [0.29, 0.717) is 12.1 Å². The Kier molecular flexibility index (Phi) is 4.16. The number of aromatic nitrogens is 1. The number of rotatable bonds is 4. The summed E-state index contributed by atoms with van der Waals surface area (Å²) in [6.45, 7) is 2.69. The molecular formula is C14H17N3OS. The molecule has 0 aliphatic carbocycles. The summed E-state index contributed by atoms with van der Waals surface area (Å²) in [4.78, 5) is 17.7. The molecule has 1 amide bonds. The number of benzene rings is 1. The Morgan fingerprint density at radius 2 is 2.21 bits per heavy atom. The van der Waals surface area contributed by atoms with Gasteiger partial charge in [0.2, 0.25) is 0 Å². The Bertz CT molecular complexity index is 564. The van der Waals surface area contributed by atoms with E-state index in [1.54, 1.807) is 30.3 Å². The van der Waals surface area contributed by atoms with Crippen molar-refractivity contribution in [2.24, 2.45) is 0 Å². The molecule has 19 heavy (non-hydrogen) atoms. The second kappa shape index (κ2) is 5.84. The maximum Gasteiger partial charge on any atom is 0.253 e. The molecule has 0 saturated carbocycles. The zero-order valence-electron chi connectivity index (χ0n) is 11.3. The van der Waals surface area contributed by atoms with Gasteiger partial charge >= 0.3 is 0 Å². The summed E-state index contributed by atoms with van der Waals surface area (Å²) in [5.41, 5.74) is 5.60. The molecule has 1 heterocycles. The largest absolute Gasteiger partial charge is 0.379 e. The van der Waals surface area contributed by atoms with Gasteiger partial charge in [0, 0.05) is 30.7 Å². The lowest BCUT2D eigenvalue weighted by Gasteiger charge is -2.13. The summed E-state index contributed by atoms with van der Waals surface area (Å²) >= 11 is 1.58. The zero-order valence-corrected chi connectivity index (χ0v) is 12.1. The minimum Gasteiger partial charge on any atom is -0.379 e. The number of anilines is 1. The van der Waals surface area contributed by atoms with E-state index in [2.05, 4.69) is 10.3 Å². The molecule has 2 rings (SSSR count). The lowest BCUT2D eigenvalue weighted by molar-refractivity contribution is 0.0827. The zero-order chi connectivity index (χ0) is 13.8. The predicted molar refractivity (Wildman–Crippen MR) is 78.6 cm³/mol. The average molecular weight is 275 g/mol. The first-order valence-corrected chi connectivity index (χ1v) is 6.95. The summed E-state index contributed by atoms with van der Waals surface area (Å²) in [6.07, 6.45) is 0. The van der Waals surface area contributed by atoms with E-state index in [1.165, 1.54) is 0 Å². The predicted octanol–water partition coefficient (Wildman–Crippen LogP) is 2.77. The van der Waals surface area contributed by atoms with Gasteiger partial charge in [-0.3, -0.25) is 4.79 Å². The van der Waals surface area contributed by atoms with Crippen LogP contribution in [0.25, 0.3) is 0 Å². The molecule has 0 atom stereocenters. The highest BCUT2D eigenvalue weighted by Gasteiger charge is 2.09. The third-order valence-corrected chi connectivity index (χ3v) is 3.47. The normalized spacial score (nSPS) is 10.3. The number of aryl methyl sites for hydroxylation is 1. The van der Waals surface area contributed by atoms with Gasteiger partial charge < -0.3 is 10.2 Å². The van der Waals surface area contributed by atoms with E-state index in [4.69, 9.17) is 0 Å². The van der Waals surface area contributed by atoms with Crippen LogP contribution in [0.2, 0.25) is 0 Å². The number of hydrogen-bond donors (Lipinski definition) is 1. The maximum absolute atomic E-state index is 11.9. The third kappa shape index (κ3) is 3.32. The van der Waals surface area contributed by atoms with Gasteiger partial charge in [-0.1, -0.05) is 6.07 Å². The molecule has 0 fully saturated rings. The van der Waals surface area contributed by atoms with Gasteiger partial charge in [0.05, 0.1) is 17.7 Å². The quantitative estimate of drug-likeness (QED) is 0.933. The van der Waals surface area contributed by atoms with Crippen LogP contribution in [0.5, 0.6) is 0 Å². The lowest BCUT2D eigenvalue weighted by Crippen LogP contribution is -2.21. The Balaban J connectivity index is 2.15. The summed E-state index contributed by atoms with van der Waals surface area (Å²) < 4.78 is 0. The van der Waals surface area contributed by atoms with Crippen molar-refractivity contribution in [1.29, 1.82) is 0 Å². The minimum atomic E-state index is 0.0108. The molecule has 1 aromatic heterocycles. The van der Waals surface area contributed by atoms with E-state index in [9.17, 15) is 4.79 Å². The highest BCUT2D eigenvalue weighted by atomic mass is 32.1. The van der Waals surface area contributed by atoms with Crippen molar-refractivity contribution in [3.05, 3.63) is 45.9 Å². The van der Waals surface area contributed by atoms with Crippen LogP contribution in [0, 0.1) is 6.92 Å². The SMILES string of the molecule is Cc1ccc(C(=O)N(C)C)cc1NCc1cscn1. The molecule has 0 unspecified atom stereocenters. The van der Waals surface area contributed by atoms with Crippen molar-refractivity contribution in [3.63, 3.8) is 0 Å². The molecule has 0 saturated heterocycles. The van der Waals surface area contributed by atoms with Crippen molar-refractivity contribution in [3.8, 4) is 0 Å². The van der Waals surface area contributed by atoms with Crippen LogP contribution in [-0.2, 0) is 6.54 Å². The van der Waals surface area contributed by atoms with Crippen LogP contribution in [0.1, 0.15) is 21.6 Å². The summed E-state index contributed by atoms with van der Waals surface area (Å²) in [5.74, 6) is 0.0108. The average Bonchev–Trinajstić information content (AvgIpc) is 2.90. The number of nitrogens with one attached hydrogen (secondary N) is 1. The molecule has 0 radical (unpaired) electrons. The highest BCUT2D eigenvalue weighted by Crippen LogP contribution is 2.18. The van der Waals surface area contributed by atoms with Crippen molar-refractivity contribution < 1.29 is 4.79 Å². The molecule has 1 aromatic carbocycles. The second-order valence-corrected chi connectivity index (χ2v) is 5.28. The first kappa shape index (κ1) is 13.5. The number of carbonyl (C=O) groups excluding carboxylic acids is 1. The van der Waals surface area contributed by atoms with Gasteiger partial charge in [-0.2, -0.15) is 0 Å². The first-order chi connectivity index (χ1) is 9.08. The van der Waals surface area contributed by atoms with Gasteiger partial charge in [-0.25, -0.2) is 4.98 Å². The van der Waals surface area contributed by atoms with Crippen LogP contribution < -0.4 is 5.32 Å². The van der Waals surface area contributed by atoms with E-state index in [1.807, 2.05) is 36.0 Å². The monoisotopic (exact) mass is 275 g/mol. The van der Waals surface area contributed by atoms with E-state index >= 15 is 0 Å². The fraction of sp³-hybridized carbons (Fsp3) is 0.286. The Labute approximate surface area is 117 Å². The van der Waals surface area contributed by atoms with Crippen LogP contribution >= 0.6 is 11.3 Å². The molecule has 0 spiro atoms. The van der Waals surface area contributed by atoms with Crippen LogP contribution in [0.15, 0.2) is 29.1 Å². The van der Waals surface area contributed by atoms with Gasteiger partial charge in [-0.05, 0) is 24.6 Å². The van der Waals surface area contributed by atoms with Gasteiger partial charge in [0.25, 0.3) is 5.91 Å². The Morgan fingerprint density at radius 1 is 1.42 bits per heavy atom. The van der Waals surface area contributed by atoms with E-state index < -0.39 is 0 Å². The summed E-state index contributed by atoms with van der Waals surface area (Å²) in [7, 11) is 3.51. The first-order valence-electron chi connectivity index (χ1n) is 6.01. The molecular weight excluding hydrogens is 258 g/mol. The number of amides is 1. The topological polar surface area (TPSA) is 45.2 Å². The van der Waals surface area contributed by atoms with E-state index in [-0.39, 0.29) is 5.91 Å². The minimum absolute atomic E-state index is 0.0108. The molecule has 0 aliphatic heterocycles. The molecule has 1 N–H and O–H groups in total. The Hall–Kier alpha value is -1.88. The summed E-state index contributed by atoms with van der Waals surface area (Å²) in [6, 6.07) is 5.70. The standard InChI is InChI=1S/C14H17N3OS/c1-10-4-5-11(14(18)17(2)3)6-13(10)15-7-12-8-19-9-16-12/h4-6,8-9,15H,7H2,1-3H3. The number of hydrogen-bond acceptors (Lipinski definition) is 4. The smallest absolute Gasteiger partial charge is 0.253 e. The van der Waals surface area contributed by atoms with Crippen molar-refractivity contribution in [2.75, 3.05) is 19.4 Å². The summed E-state index contributed by atoms with van der Waals surface area (Å²) in [5, 5.41) is 5.33. The molecule has 100 valence electrons. The fourth-order valence-electron chi connectivity index (χ4n) is 1.71. The third-order valence-electron chi connectivity index (χ3n) is 2.83. The van der Waals surface area contributed by atoms with Crippen LogP contribution in [0.3, 0.4) is 0 Å². The molecule has 0 aliphatic rings. The fourth-order valence-corrected chi connectivity index (χ4v) is 2.27. The van der Waals surface area contributed by atoms with Crippen molar-refractivity contribution in [2.45, 2.75) is 13.5 Å². The maximum atomic E-state index is 11.9. The van der Waals surface area contributed by atoms with E-state index in [0.717, 1.165) is 16.9 Å². The van der Waals surface area contributed by atoms with Gasteiger partial charge in [0.1, 0.15) is 0 Å². The highest BCUT2D eigenvalue weighted by molar-refractivity contribution is 7.07. The Morgan fingerprint density at radius 3 is 2.84 bits per heavy atom. The van der Waals surface area contributed by atoms with Crippen molar-refractivity contribution in [1.82, 2.24) is 9.88 Å². The number of nitrogens with zero attached hydrogens (tertiary/aromatic N) is 2. The lowest BCUT2D eigenvalue weighted by atomic mass is 10.1.